The Balaban J connectivity index is 2.82. The van der Waals surface area contributed by atoms with Crippen molar-refractivity contribution in [3.63, 3.8) is 0 Å². The zero-order valence-corrected chi connectivity index (χ0v) is 7.89. The molecule has 0 fully saturated rings. The van der Waals surface area contributed by atoms with Crippen LogP contribution in [-0.4, -0.2) is 25.7 Å². The van der Waals surface area contributed by atoms with Gasteiger partial charge < -0.3 is 5.11 Å². The molecule has 13 heavy (non-hydrogen) atoms. The Morgan fingerprint density at radius 2 is 2.31 bits per heavy atom. The third-order valence-electron chi connectivity index (χ3n) is 1.55. The SMILES string of the molecule is O=C(O)c1cccc2nc(Br)nn12. The van der Waals surface area contributed by atoms with E-state index in [-0.39, 0.29) is 5.69 Å². The lowest BCUT2D eigenvalue weighted by Gasteiger charge is -1.95. The molecule has 2 heterocycles. The largest absolute Gasteiger partial charge is 0.477 e. The summed E-state index contributed by atoms with van der Waals surface area (Å²) in [5, 5.41) is 12.7. The summed E-state index contributed by atoms with van der Waals surface area (Å²) in [5.41, 5.74) is 0.600. The number of hydrogen-bond donors (Lipinski definition) is 1. The lowest BCUT2D eigenvalue weighted by atomic mass is 10.3. The molecule has 2 aromatic heterocycles. The normalized spacial score (nSPS) is 10.5. The van der Waals surface area contributed by atoms with Gasteiger partial charge in [-0.1, -0.05) is 6.07 Å². The van der Waals surface area contributed by atoms with Gasteiger partial charge >= 0.3 is 5.97 Å². The van der Waals surface area contributed by atoms with E-state index in [0.29, 0.717) is 10.4 Å². The van der Waals surface area contributed by atoms with Crippen LogP contribution in [0.15, 0.2) is 22.9 Å². The van der Waals surface area contributed by atoms with Gasteiger partial charge in [-0.25, -0.2) is 14.3 Å². The van der Waals surface area contributed by atoms with Crippen molar-refractivity contribution in [3.05, 3.63) is 28.6 Å². The minimum atomic E-state index is -1.03. The minimum absolute atomic E-state index is 0.0932. The highest BCUT2D eigenvalue weighted by atomic mass is 79.9. The molecule has 2 aromatic rings. The van der Waals surface area contributed by atoms with E-state index in [0.717, 1.165) is 0 Å². The lowest BCUT2D eigenvalue weighted by Crippen LogP contribution is -2.05. The van der Waals surface area contributed by atoms with Crippen LogP contribution in [0.3, 0.4) is 0 Å². The van der Waals surface area contributed by atoms with E-state index in [1.54, 1.807) is 12.1 Å². The summed E-state index contributed by atoms with van der Waals surface area (Å²) in [4.78, 5) is 14.7. The Morgan fingerprint density at radius 1 is 1.54 bits per heavy atom. The van der Waals surface area contributed by atoms with Crippen LogP contribution in [-0.2, 0) is 0 Å². The second-order valence-corrected chi connectivity index (χ2v) is 3.08. The molecule has 2 rings (SSSR count). The van der Waals surface area contributed by atoms with Crippen LogP contribution in [0.4, 0.5) is 0 Å². The maximum absolute atomic E-state index is 10.7. The highest BCUT2D eigenvalue weighted by molar-refractivity contribution is 9.10. The lowest BCUT2D eigenvalue weighted by molar-refractivity contribution is 0.0687. The van der Waals surface area contributed by atoms with Crippen LogP contribution in [0.1, 0.15) is 10.5 Å². The number of rotatable bonds is 1. The number of nitrogens with zero attached hydrogens (tertiary/aromatic N) is 3. The first-order chi connectivity index (χ1) is 6.18. The fourth-order valence-corrected chi connectivity index (χ4v) is 1.38. The maximum Gasteiger partial charge on any atom is 0.354 e. The summed E-state index contributed by atoms with van der Waals surface area (Å²) in [6.07, 6.45) is 0. The molecule has 5 nitrogen and oxygen atoms in total. The second kappa shape index (κ2) is 2.81. The predicted molar refractivity (Wildman–Crippen MR) is 47.6 cm³/mol. The Bertz CT molecular complexity index is 480. The number of carboxylic acid groups (broad SMARTS) is 1. The molecule has 0 amide bonds. The Morgan fingerprint density at radius 3 is 3.00 bits per heavy atom. The molecule has 0 aliphatic carbocycles. The summed E-state index contributed by atoms with van der Waals surface area (Å²) < 4.78 is 1.65. The molecule has 0 saturated heterocycles. The van der Waals surface area contributed by atoms with Crippen molar-refractivity contribution in [1.82, 2.24) is 14.6 Å². The molecule has 0 aliphatic heterocycles. The number of carbonyl (C=O) groups is 1. The van der Waals surface area contributed by atoms with Crippen molar-refractivity contribution >= 4 is 27.5 Å². The van der Waals surface area contributed by atoms with E-state index in [1.807, 2.05) is 0 Å². The van der Waals surface area contributed by atoms with Crippen molar-refractivity contribution in [2.24, 2.45) is 0 Å². The quantitative estimate of drug-likeness (QED) is 0.815. The van der Waals surface area contributed by atoms with Crippen molar-refractivity contribution < 1.29 is 9.90 Å². The second-order valence-electron chi connectivity index (χ2n) is 2.37. The van der Waals surface area contributed by atoms with Crippen LogP contribution >= 0.6 is 15.9 Å². The van der Waals surface area contributed by atoms with Gasteiger partial charge in [0.05, 0.1) is 0 Å². The first kappa shape index (κ1) is 8.18. The van der Waals surface area contributed by atoms with Crippen molar-refractivity contribution in [2.75, 3.05) is 0 Å². The summed E-state index contributed by atoms with van der Waals surface area (Å²) >= 11 is 3.07. The summed E-state index contributed by atoms with van der Waals surface area (Å²) in [6.45, 7) is 0. The molecule has 0 atom stereocenters. The Labute approximate surface area is 81.1 Å². The zero-order chi connectivity index (χ0) is 9.42. The van der Waals surface area contributed by atoms with Gasteiger partial charge in [-0.3, -0.25) is 0 Å². The molecule has 0 saturated carbocycles. The molecular weight excluding hydrogens is 238 g/mol. The number of aromatic carboxylic acids is 1. The van der Waals surface area contributed by atoms with E-state index in [2.05, 4.69) is 26.0 Å². The smallest absolute Gasteiger partial charge is 0.354 e. The van der Waals surface area contributed by atoms with E-state index < -0.39 is 5.97 Å². The van der Waals surface area contributed by atoms with Gasteiger partial charge in [0.25, 0.3) is 0 Å². The number of fused-ring (bicyclic) bond motifs is 1. The molecule has 0 radical (unpaired) electrons. The van der Waals surface area contributed by atoms with E-state index >= 15 is 0 Å². The van der Waals surface area contributed by atoms with Crippen LogP contribution in [0, 0.1) is 0 Å². The number of aromatic nitrogens is 3. The van der Waals surface area contributed by atoms with E-state index in [1.165, 1.54) is 10.6 Å². The summed E-state index contributed by atoms with van der Waals surface area (Å²) in [7, 11) is 0. The van der Waals surface area contributed by atoms with Gasteiger partial charge in [0.15, 0.2) is 11.3 Å². The van der Waals surface area contributed by atoms with Gasteiger partial charge in [-0.2, -0.15) is 0 Å². The Kier molecular flexibility index (Phi) is 1.77. The van der Waals surface area contributed by atoms with Crippen LogP contribution < -0.4 is 0 Å². The number of carboxylic acids is 1. The van der Waals surface area contributed by atoms with Crippen LogP contribution in [0.25, 0.3) is 5.65 Å². The molecule has 0 spiro atoms. The average molecular weight is 242 g/mol. The molecule has 0 aromatic carbocycles. The van der Waals surface area contributed by atoms with Crippen LogP contribution in [0.5, 0.6) is 0 Å². The molecular formula is C7H4BrN3O2. The van der Waals surface area contributed by atoms with E-state index in [9.17, 15) is 4.79 Å². The van der Waals surface area contributed by atoms with Gasteiger partial charge in [-0.15, -0.1) is 5.10 Å². The predicted octanol–water partition coefficient (Wildman–Crippen LogP) is 1.19. The zero-order valence-electron chi connectivity index (χ0n) is 6.31. The summed E-state index contributed by atoms with van der Waals surface area (Å²) in [5.74, 6) is -1.03. The molecule has 0 aliphatic rings. The fraction of sp³-hybridized carbons (Fsp3) is 0. The minimum Gasteiger partial charge on any atom is -0.477 e. The fourth-order valence-electron chi connectivity index (χ4n) is 1.04. The van der Waals surface area contributed by atoms with Crippen molar-refractivity contribution in [3.8, 4) is 0 Å². The van der Waals surface area contributed by atoms with E-state index in [4.69, 9.17) is 5.11 Å². The average Bonchev–Trinajstić information content (AvgIpc) is 2.43. The number of hydrogen-bond acceptors (Lipinski definition) is 3. The van der Waals surface area contributed by atoms with Gasteiger partial charge in [0.1, 0.15) is 0 Å². The third-order valence-corrected chi connectivity index (χ3v) is 1.89. The van der Waals surface area contributed by atoms with Gasteiger partial charge in [0, 0.05) is 0 Å². The first-order valence-electron chi connectivity index (χ1n) is 3.43. The monoisotopic (exact) mass is 241 g/mol. The van der Waals surface area contributed by atoms with Crippen LogP contribution in [0.2, 0.25) is 0 Å². The number of halogens is 1. The third kappa shape index (κ3) is 1.29. The molecule has 0 bridgehead atoms. The molecule has 66 valence electrons. The van der Waals surface area contributed by atoms with Gasteiger partial charge in [0.2, 0.25) is 4.73 Å². The number of pyridine rings is 1. The molecule has 1 N–H and O–H groups in total. The topological polar surface area (TPSA) is 67.5 Å². The summed E-state index contributed by atoms with van der Waals surface area (Å²) in [6, 6.07) is 4.78. The van der Waals surface area contributed by atoms with Crippen molar-refractivity contribution in [1.29, 1.82) is 0 Å². The molecule has 0 unspecified atom stereocenters. The first-order valence-corrected chi connectivity index (χ1v) is 4.22. The highest BCUT2D eigenvalue weighted by Crippen LogP contribution is 2.09. The standard InChI is InChI=1S/C7H4BrN3O2/c8-7-9-5-3-1-2-4(6(12)13)11(5)10-7/h1-3H,(H,12,13). The van der Waals surface area contributed by atoms with Gasteiger partial charge in [-0.05, 0) is 28.1 Å². The highest BCUT2D eigenvalue weighted by Gasteiger charge is 2.10. The molecule has 6 heteroatoms. The van der Waals surface area contributed by atoms with Crippen molar-refractivity contribution in [2.45, 2.75) is 0 Å². The maximum atomic E-state index is 10.7. The Hall–Kier alpha value is -1.43.